The number of hydrogen-bond donors (Lipinski definition) is 2. The molecular weight excluding hydrogens is 264 g/mol. The molecule has 0 atom stereocenters. The number of aromatic nitrogens is 1. The number of nitrogens with one attached hydrogen (secondary N) is 1. The summed E-state index contributed by atoms with van der Waals surface area (Å²) in [7, 11) is 0. The maximum absolute atomic E-state index is 12.4. The Kier molecular flexibility index (Phi) is 3.83. The average Bonchev–Trinajstić information content (AvgIpc) is 2.68. The number of nitrogen functional groups attached to an aromatic ring is 1. The maximum atomic E-state index is 12.4. The zero-order valence-electron chi connectivity index (χ0n) is 11.7. The number of para-hydroxylation sites is 1. The summed E-state index contributed by atoms with van der Waals surface area (Å²) in [5.74, 6) is 6.09. The van der Waals surface area contributed by atoms with E-state index >= 15 is 0 Å². The molecular formula is C16H18N4O. The first kappa shape index (κ1) is 13.6. The van der Waals surface area contributed by atoms with Gasteiger partial charge in [0.2, 0.25) is 5.91 Å². The smallest absolute Gasteiger partial charge is 0.227 e. The molecule has 1 aromatic heterocycles. The van der Waals surface area contributed by atoms with E-state index in [9.17, 15) is 4.79 Å². The van der Waals surface area contributed by atoms with Crippen LogP contribution in [0.4, 0.5) is 11.5 Å². The van der Waals surface area contributed by atoms with Gasteiger partial charge in [-0.1, -0.05) is 24.3 Å². The highest BCUT2D eigenvalue weighted by Crippen LogP contribution is 2.28. The second-order valence-corrected chi connectivity index (χ2v) is 5.16. The molecule has 1 aliphatic rings. The van der Waals surface area contributed by atoms with Crippen molar-refractivity contribution in [1.82, 2.24) is 4.98 Å². The van der Waals surface area contributed by atoms with E-state index < -0.39 is 0 Å². The van der Waals surface area contributed by atoms with Gasteiger partial charge in [-0.15, -0.1) is 0 Å². The van der Waals surface area contributed by atoms with Crippen LogP contribution in [0.3, 0.4) is 0 Å². The number of pyridine rings is 1. The molecule has 3 rings (SSSR count). The average molecular weight is 282 g/mol. The first-order chi connectivity index (χ1) is 10.3. The zero-order chi connectivity index (χ0) is 14.7. The van der Waals surface area contributed by atoms with Crippen molar-refractivity contribution in [3.8, 4) is 0 Å². The number of carbonyl (C=O) groups is 1. The summed E-state index contributed by atoms with van der Waals surface area (Å²) in [5, 5.41) is 0. The summed E-state index contributed by atoms with van der Waals surface area (Å²) in [4.78, 5) is 18.4. The Balaban J connectivity index is 1.90. The second kappa shape index (κ2) is 5.93. The van der Waals surface area contributed by atoms with E-state index in [1.165, 1.54) is 5.56 Å². The minimum absolute atomic E-state index is 0.168. The molecule has 21 heavy (non-hydrogen) atoms. The maximum Gasteiger partial charge on any atom is 0.227 e. The first-order valence-corrected chi connectivity index (χ1v) is 7.08. The van der Waals surface area contributed by atoms with Crippen molar-refractivity contribution in [2.45, 2.75) is 25.8 Å². The van der Waals surface area contributed by atoms with E-state index in [2.05, 4.69) is 16.5 Å². The van der Waals surface area contributed by atoms with Crippen LogP contribution in [0.5, 0.6) is 0 Å². The van der Waals surface area contributed by atoms with Gasteiger partial charge in [0.05, 0.1) is 6.54 Å². The lowest BCUT2D eigenvalue weighted by atomic mass is 10.1. The summed E-state index contributed by atoms with van der Waals surface area (Å²) in [5.41, 5.74) is 5.73. The molecule has 1 aliphatic heterocycles. The molecule has 0 unspecified atom stereocenters. The van der Waals surface area contributed by atoms with Crippen LogP contribution in [0.2, 0.25) is 0 Å². The largest absolute Gasteiger partial charge is 0.308 e. The molecule has 2 aromatic rings. The fourth-order valence-electron chi connectivity index (χ4n) is 2.64. The number of hydrogen-bond acceptors (Lipinski definition) is 4. The number of aryl methyl sites for hydroxylation is 1. The molecule has 108 valence electrons. The Morgan fingerprint density at radius 1 is 1.19 bits per heavy atom. The predicted octanol–water partition coefficient (Wildman–Crippen LogP) is 2.24. The standard InChI is InChI=1S/C16H18N4O/c17-19-15-9-8-12(10-18-15)11-20-14-6-2-1-4-13(14)5-3-7-16(20)21/h1-2,4,6,8-10H,3,5,7,11,17H2,(H,18,19). The molecule has 5 nitrogen and oxygen atoms in total. The van der Waals surface area contributed by atoms with E-state index in [1.807, 2.05) is 35.2 Å². The summed E-state index contributed by atoms with van der Waals surface area (Å²) < 4.78 is 0. The topological polar surface area (TPSA) is 71.2 Å². The van der Waals surface area contributed by atoms with Crippen LogP contribution in [-0.4, -0.2) is 10.9 Å². The van der Waals surface area contributed by atoms with Crippen molar-refractivity contribution in [3.05, 3.63) is 53.7 Å². The van der Waals surface area contributed by atoms with Gasteiger partial charge < -0.3 is 10.3 Å². The van der Waals surface area contributed by atoms with Crippen molar-refractivity contribution in [3.63, 3.8) is 0 Å². The highest BCUT2D eigenvalue weighted by molar-refractivity contribution is 5.94. The van der Waals surface area contributed by atoms with Crippen LogP contribution >= 0.6 is 0 Å². The molecule has 0 aliphatic carbocycles. The number of hydrazine groups is 1. The molecule has 1 aromatic carbocycles. The van der Waals surface area contributed by atoms with Crippen molar-refractivity contribution in [1.29, 1.82) is 0 Å². The number of anilines is 2. The first-order valence-electron chi connectivity index (χ1n) is 7.08. The van der Waals surface area contributed by atoms with Gasteiger partial charge >= 0.3 is 0 Å². The van der Waals surface area contributed by atoms with Crippen molar-refractivity contribution in [2.24, 2.45) is 5.84 Å². The number of nitrogens with two attached hydrogens (primary N) is 1. The molecule has 0 fully saturated rings. The Bertz CT molecular complexity index is 639. The predicted molar refractivity (Wildman–Crippen MR) is 82.6 cm³/mol. The number of nitrogens with zero attached hydrogens (tertiary/aromatic N) is 2. The lowest BCUT2D eigenvalue weighted by Crippen LogP contribution is -2.29. The number of fused-ring (bicyclic) bond motifs is 1. The Morgan fingerprint density at radius 3 is 2.81 bits per heavy atom. The fourth-order valence-corrected chi connectivity index (χ4v) is 2.64. The summed E-state index contributed by atoms with van der Waals surface area (Å²) >= 11 is 0. The Hall–Kier alpha value is -2.40. The summed E-state index contributed by atoms with van der Waals surface area (Å²) in [6.45, 7) is 0.535. The van der Waals surface area contributed by atoms with Gasteiger partial charge in [0, 0.05) is 18.3 Å². The van der Waals surface area contributed by atoms with Gasteiger partial charge in [0.1, 0.15) is 5.82 Å². The number of benzene rings is 1. The van der Waals surface area contributed by atoms with E-state index in [-0.39, 0.29) is 5.91 Å². The molecule has 0 saturated heterocycles. The quantitative estimate of drug-likeness (QED) is 0.669. The van der Waals surface area contributed by atoms with Crippen LogP contribution in [0.15, 0.2) is 42.6 Å². The van der Waals surface area contributed by atoms with E-state index in [1.54, 1.807) is 6.20 Å². The van der Waals surface area contributed by atoms with Gasteiger partial charge in [-0.25, -0.2) is 10.8 Å². The van der Waals surface area contributed by atoms with Gasteiger partial charge in [-0.3, -0.25) is 4.79 Å². The Labute approximate surface area is 123 Å². The van der Waals surface area contributed by atoms with Crippen molar-refractivity contribution in [2.75, 3.05) is 10.3 Å². The molecule has 1 amide bonds. The number of carbonyl (C=O) groups excluding carboxylic acids is 1. The molecule has 5 heteroatoms. The fraction of sp³-hybridized carbons (Fsp3) is 0.250. The second-order valence-electron chi connectivity index (χ2n) is 5.16. The minimum atomic E-state index is 0.168. The van der Waals surface area contributed by atoms with Crippen LogP contribution in [-0.2, 0) is 17.8 Å². The lowest BCUT2D eigenvalue weighted by Gasteiger charge is -2.23. The van der Waals surface area contributed by atoms with E-state index in [4.69, 9.17) is 5.84 Å². The number of rotatable bonds is 3. The van der Waals surface area contributed by atoms with Gasteiger partial charge in [-0.05, 0) is 36.1 Å². The SMILES string of the molecule is NNc1ccc(CN2C(=O)CCCc3ccccc32)cn1. The van der Waals surface area contributed by atoms with Crippen molar-refractivity contribution >= 4 is 17.4 Å². The highest BCUT2D eigenvalue weighted by atomic mass is 16.2. The molecule has 0 radical (unpaired) electrons. The molecule has 0 spiro atoms. The third kappa shape index (κ3) is 2.87. The highest BCUT2D eigenvalue weighted by Gasteiger charge is 2.21. The van der Waals surface area contributed by atoms with Gasteiger partial charge in [0.15, 0.2) is 0 Å². The lowest BCUT2D eigenvalue weighted by molar-refractivity contribution is -0.118. The third-order valence-corrected chi connectivity index (χ3v) is 3.73. The monoisotopic (exact) mass is 282 g/mol. The summed E-state index contributed by atoms with van der Waals surface area (Å²) in [6.07, 6.45) is 4.19. The van der Waals surface area contributed by atoms with Crippen molar-refractivity contribution < 1.29 is 4.79 Å². The third-order valence-electron chi connectivity index (χ3n) is 3.73. The van der Waals surface area contributed by atoms with E-state index in [0.29, 0.717) is 18.8 Å². The molecule has 3 N–H and O–H groups in total. The Morgan fingerprint density at radius 2 is 2.05 bits per heavy atom. The van der Waals surface area contributed by atoms with E-state index in [0.717, 1.165) is 24.1 Å². The van der Waals surface area contributed by atoms with Crippen LogP contribution in [0, 0.1) is 0 Å². The van der Waals surface area contributed by atoms with Crippen LogP contribution in [0.1, 0.15) is 24.0 Å². The number of amides is 1. The van der Waals surface area contributed by atoms with Gasteiger partial charge in [0.25, 0.3) is 0 Å². The van der Waals surface area contributed by atoms with Gasteiger partial charge in [-0.2, -0.15) is 0 Å². The van der Waals surface area contributed by atoms with Crippen LogP contribution in [0.25, 0.3) is 0 Å². The molecule has 0 saturated carbocycles. The minimum Gasteiger partial charge on any atom is -0.308 e. The van der Waals surface area contributed by atoms with Crippen LogP contribution < -0.4 is 16.2 Å². The molecule has 2 heterocycles. The normalized spacial score (nSPS) is 14.5. The summed E-state index contributed by atoms with van der Waals surface area (Å²) in [6, 6.07) is 11.9. The zero-order valence-corrected chi connectivity index (χ0v) is 11.7. The molecule has 0 bridgehead atoms.